The molecule has 0 saturated carbocycles. The van der Waals surface area contributed by atoms with Gasteiger partial charge in [-0.2, -0.15) is 13.2 Å². The molecule has 0 fully saturated rings. The Morgan fingerprint density at radius 1 is 1.33 bits per heavy atom. The summed E-state index contributed by atoms with van der Waals surface area (Å²) in [7, 11) is 1.69. The minimum absolute atomic E-state index is 0.0201. The molecule has 0 aliphatic rings. The highest BCUT2D eigenvalue weighted by atomic mass is 19.4. The number of halogens is 3. The maximum absolute atomic E-state index is 12.0. The maximum Gasteiger partial charge on any atom is 0.389 e. The topological polar surface area (TPSA) is 53.1 Å². The number of anilines is 1. The summed E-state index contributed by atoms with van der Waals surface area (Å²) in [4.78, 5) is 1.68. The zero-order valence-corrected chi connectivity index (χ0v) is 10.1. The van der Waals surface area contributed by atoms with Crippen LogP contribution in [0.2, 0.25) is 0 Å². The second-order valence-electron chi connectivity index (χ2n) is 4.07. The van der Waals surface area contributed by atoms with E-state index in [4.69, 9.17) is 11.1 Å². The smallest absolute Gasteiger partial charge is 0.384 e. The fourth-order valence-electron chi connectivity index (χ4n) is 1.67. The first kappa shape index (κ1) is 14.3. The first-order valence-corrected chi connectivity index (χ1v) is 5.52. The van der Waals surface area contributed by atoms with Crippen molar-refractivity contribution in [2.45, 2.75) is 19.0 Å². The van der Waals surface area contributed by atoms with Crippen LogP contribution in [0.4, 0.5) is 18.9 Å². The minimum atomic E-state index is -4.12. The molecule has 100 valence electrons. The van der Waals surface area contributed by atoms with Gasteiger partial charge in [-0.1, -0.05) is 12.1 Å². The summed E-state index contributed by atoms with van der Waals surface area (Å²) in [6.07, 6.45) is -4.91. The molecule has 0 atom stereocenters. The normalized spacial score (nSPS) is 11.3. The fraction of sp³-hybridized carbons (Fsp3) is 0.417. The van der Waals surface area contributed by atoms with Crippen LogP contribution >= 0.6 is 0 Å². The molecule has 3 nitrogen and oxygen atoms in total. The second-order valence-corrected chi connectivity index (χ2v) is 4.07. The lowest BCUT2D eigenvalue weighted by atomic mass is 10.1. The predicted octanol–water partition coefficient (Wildman–Crippen LogP) is 2.75. The number of hydrogen-bond donors (Lipinski definition) is 2. The number of nitrogens with zero attached hydrogens (tertiary/aromatic N) is 1. The zero-order chi connectivity index (χ0) is 13.8. The highest BCUT2D eigenvalue weighted by molar-refractivity contribution is 6.00. The Balaban J connectivity index is 2.67. The largest absolute Gasteiger partial charge is 0.389 e. The highest BCUT2D eigenvalue weighted by Gasteiger charge is 2.26. The van der Waals surface area contributed by atoms with Gasteiger partial charge in [0.15, 0.2) is 0 Å². The van der Waals surface area contributed by atoms with Gasteiger partial charge in [0.2, 0.25) is 0 Å². The van der Waals surface area contributed by atoms with Crippen molar-refractivity contribution in [3.8, 4) is 0 Å². The molecule has 0 aromatic heterocycles. The van der Waals surface area contributed by atoms with Crippen LogP contribution in [0.1, 0.15) is 18.4 Å². The first-order valence-electron chi connectivity index (χ1n) is 5.52. The number of nitrogens with two attached hydrogens (primary N) is 1. The Labute approximate surface area is 104 Å². The Morgan fingerprint density at radius 3 is 2.50 bits per heavy atom. The van der Waals surface area contributed by atoms with Gasteiger partial charge in [-0.25, -0.2) is 0 Å². The molecule has 1 aromatic rings. The third kappa shape index (κ3) is 4.27. The van der Waals surface area contributed by atoms with Gasteiger partial charge in [-0.05, 0) is 18.6 Å². The van der Waals surface area contributed by atoms with Gasteiger partial charge in [0, 0.05) is 31.3 Å². The van der Waals surface area contributed by atoms with Crippen molar-refractivity contribution in [1.82, 2.24) is 0 Å². The molecular formula is C12H16F3N3. The fourth-order valence-corrected chi connectivity index (χ4v) is 1.67. The number of rotatable bonds is 5. The number of benzene rings is 1. The van der Waals surface area contributed by atoms with E-state index in [0.29, 0.717) is 11.3 Å². The zero-order valence-electron chi connectivity index (χ0n) is 10.1. The molecule has 1 aromatic carbocycles. The van der Waals surface area contributed by atoms with Crippen molar-refractivity contribution in [2.24, 2.45) is 5.73 Å². The molecule has 1 rings (SSSR count). The standard InChI is InChI=1S/C12H16F3N3/c1-18(8-4-7-12(13,14)15)10-6-3-2-5-9(10)11(16)17/h2-3,5-6H,4,7-8H2,1H3,(H3,16,17). The van der Waals surface area contributed by atoms with Crippen LogP contribution < -0.4 is 10.6 Å². The van der Waals surface area contributed by atoms with Crippen molar-refractivity contribution in [1.29, 1.82) is 5.41 Å². The lowest BCUT2D eigenvalue weighted by Gasteiger charge is -2.22. The van der Waals surface area contributed by atoms with E-state index in [0.717, 1.165) is 0 Å². The van der Waals surface area contributed by atoms with E-state index in [1.54, 1.807) is 36.2 Å². The number of nitrogens with one attached hydrogen (secondary N) is 1. The van der Waals surface area contributed by atoms with Gasteiger partial charge in [-0.3, -0.25) is 5.41 Å². The lowest BCUT2D eigenvalue weighted by molar-refractivity contribution is -0.135. The monoisotopic (exact) mass is 259 g/mol. The Bertz CT molecular complexity index is 415. The molecular weight excluding hydrogens is 243 g/mol. The molecule has 3 N–H and O–H groups in total. The summed E-state index contributed by atoms with van der Waals surface area (Å²) >= 11 is 0. The van der Waals surface area contributed by atoms with Crippen molar-refractivity contribution < 1.29 is 13.2 Å². The van der Waals surface area contributed by atoms with E-state index >= 15 is 0 Å². The lowest BCUT2D eigenvalue weighted by Crippen LogP contribution is -2.24. The van der Waals surface area contributed by atoms with Crippen LogP contribution in [0.5, 0.6) is 0 Å². The Kier molecular flexibility index (Phi) is 4.58. The van der Waals surface area contributed by atoms with Crippen molar-refractivity contribution in [3.05, 3.63) is 29.8 Å². The van der Waals surface area contributed by atoms with Crippen molar-refractivity contribution in [3.63, 3.8) is 0 Å². The van der Waals surface area contributed by atoms with Crippen molar-refractivity contribution in [2.75, 3.05) is 18.5 Å². The van der Waals surface area contributed by atoms with E-state index in [-0.39, 0.29) is 18.8 Å². The van der Waals surface area contributed by atoms with E-state index in [1.807, 2.05) is 0 Å². The summed E-state index contributed by atoms with van der Waals surface area (Å²) in [5.74, 6) is -0.0896. The maximum atomic E-state index is 12.0. The van der Waals surface area contributed by atoms with Crippen LogP contribution in [0.15, 0.2) is 24.3 Å². The van der Waals surface area contributed by atoms with Crippen LogP contribution in [0.3, 0.4) is 0 Å². The minimum Gasteiger partial charge on any atom is -0.384 e. The molecule has 0 aliphatic heterocycles. The van der Waals surface area contributed by atoms with Crippen LogP contribution in [0, 0.1) is 5.41 Å². The number of hydrogen-bond acceptors (Lipinski definition) is 2. The molecule has 6 heteroatoms. The molecule has 18 heavy (non-hydrogen) atoms. The van der Waals surface area contributed by atoms with E-state index in [2.05, 4.69) is 0 Å². The number of amidine groups is 1. The third-order valence-corrected chi connectivity index (χ3v) is 2.56. The van der Waals surface area contributed by atoms with Crippen molar-refractivity contribution >= 4 is 11.5 Å². The van der Waals surface area contributed by atoms with E-state index in [9.17, 15) is 13.2 Å². The molecule has 0 amide bonds. The second kappa shape index (κ2) is 5.75. The van der Waals surface area contributed by atoms with Crippen LogP contribution in [-0.2, 0) is 0 Å². The molecule has 0 saturated heterocycles. The summed E-state index contributed by atoms with van der Waals surface area (Å²) in [5, 5.41) is 7.42. The molecule has 0 unspecified atom stereocenters. The SMILES string of the molecule is CN(CCCC(F)(F)F)c1ccccc1C(=N)N. The molecule has 0 radical (unpaired) electrons. The Morgan fingerprint density at radius 2 is 1.94 bits per heavy atom. The van der Waals surface area contributed by atoms with Gasteiger partial charge in [0.1, 0.15) is 5.84 Å². The third-order valence-electron chi connectivity index (χ3n) is 2.56. The van der Waals surface area contributed by atoms with Gasteiger partial charge in [-0.15, -0.1) is 0 Å². The quantitative estimate of drug-likeness (QED) is 0.631. The summed E-state index contributed by atoms with van der Waals surface area (Å²) < 4.78 is 36.1. The predicted molar refractivity (Wildman–Crippen MR) is 66.0 cm³/mol. The summed E-state index contributed by atoms with van der Waals surface area (Å²) in [6, 6.07) is 6.92. The number of nitrogen functional groups attached to an aromatic ring is 1. The summed E-state index contributed by atoms with van der Waals surface area (Å²) in [6.45, 7) is 0.268. The average molecular weight is 259 g/mol. The summed E-state index contributed by atoms with van der Waals surface area (Å²) in [5.41, 5.74) is 6.63. The van der Waals surface area contributed by atoms with Gasteiger partial charge < -0.3 is 10.6 Å². The molecule has 0 spiro atoms. The molecule has 0 heterocycles. The highest BCUT2D eigenvalue weighted by Crippen LogP contribution is 2.23. The van der Waals surface area contributed by atoms with Gasteiger partial charge >= 0.3 is 6.18 Å². The molecule has 0 bridgehead atoms. The van der Waals surface area contributed by atoms with Crippen LogP contribution in [-0.4, -0.2) is 25.6 Å². The Hall–Kier alpha value is -1.72. The van der Waals surface area contributed by atoms with Gasteiger partial charge in [0.05, 0.1) is 0 Å². The van der Waals surface area contributed by atoms with E-state index in [1.165, 1.54) is 0 Å². The van der Waals surface area contributed by atoms with Crippen LogP contribution in [0.25, 0.3) is 0 Å². The number of alkyl halides is 3. The van der Waals surface area contributed by atoms with Gasteiger partial charge in [0.25, 0.3) is 0 Å². The number of para-hydroxylation sites is 1. The molecule has 0 aliphatic carbocycles. The first-order chi connectivity index (χ1) is 8.31. The average Bonchev–Trinajstić information content (AvgIpc) is 2.27. The van der Waals surface area contributed by atoms with E-state index < -0.39 is 12.6 Å².